The molecule has 2 heterocycles. The molecule has 2 aliphatic heterocycles. The Hall–Kier alpha value is -0.220. The number of carbonyl (C=O) groups excluding carboxylic acids is 1. The second-order valence-electron chi connectivity index (χ2n) is 3.73. The van der Waals surface area contributed by atoms with Crippen molar-refractivity contribution in [1.82, 2.24) is 9.80 Å². The van der Waals surface area contributed by atoms with E-state index in [-0.39, 0.29) is 5.91 Å². The van der Waals surface area contributed by atoms with Crippen LogP contribution in [0.15, 0.2) is 0 Å². The van der Waals surface area contributed by atoms with Crippen LogP contribution < -0.4 is 0 Å². The fourth-order valence-electron chi connectivity index (χ4n) is 1.89. The number of likely N-dealkylation sites (tertiary alicyclic amines) is 1. The molecule has 0 aromatic heterocycles. The lowest BCUT2D eigenvalue weighted by molar-refractivity contribution is -0.136. The van der Waals surface area contributed by atoms with Crippen LogP contribution in [0.25, 0.3) is 0 Å². The molecule has 0 radical (unpaired) electrons. The van der Waals surface area contributed by atoms with Crippen LogP contribution >= 0.6 is 11.8 Å². The number of hydrogen-bond donors (Lipinski definition) is 0. The van der Waals surface area contributed by atoms with E-state index in [2.05, 4.69) is 4.90 Å². The molecular formula is C9H16N2OS. The largest absolute Gasteiger partial charge is 0.340 e. The summed E-state index contributed by atoms with van der Waals surface area (Å²) in [6, 6.07) is 0.657. The fraction of sp³-hybridized carbons (Fsp3) is 0.889. The molecule has 0 aromatic carbocycles. The van der Waals surface area contributed by atoms with Crippen LogP contribution in [0.2, 0.25) is 0 Å². The summed E-state index contributed by atoms with van der Waals surface area (Å²) in [7, 11) is 0. The molecule has 0 spiro atoms. The molecular weight excluding hydrogens is 184 g/mol. The van der Waals surface area contributed by atoms with Gasteiger partial charge in [-0.2, -0.15) is 11.8 Å². The van der Waals surface area contributed by atoms with Crippen molar-refractivity contribution in [1.29, 1.82) is 0 Å². The summed E-state index contributed by atoms with van der Waals surface area (Å²) in [6.07, 6.45) is 0. The second kappa shape index (κ2) is 3.88. The minimum atomic E-state index is 0.225. The average Bonchev–Trinajstić information content (AvgIpc) is 2.02. The van der Waals surface area contributed by atoms with Crippen molar-refractivity contribution in [3.63, 3.8) is 0 Å². The zero-order chi connectivity index (χ0) is 9.26. The number of rotatable bonds is 1. The van der Waals surface area contributed by atoms with Crippen LogP contribution in [0, 0.1) is 0 Å². The molecule has 0 N–H and O–H groups in total. The summed E-state index contributed by atoms with van der Waals surface area (Å²) in [5, 5.41) is 0. The van der Waals surface area contributed by atoms with E-state index in [1.54, 1.807) is 6.92 Å². The van der Waals surface area contributed by atoms with Crippen molar-refractivity contribution < 1.29 is 4.79 Å². The van der Waals surface area contributed by atoms with Gasteiger partial charge < -0.3 is 4.90 Å². The Labute approximate surface area is 83.5 Å². The first-order valence-corrected chi connectivity index (χ1v) is 6.00. The highest BCUT2D eigenvalue weighted by Gasteiger charge is 2.33. The summed E-state index contributed by atoms with van der Waals surface area (Å²) >= 11 is 2.04. The highest BCUT2D eigenvalue weighted by molar-refractivity contribution is 7.99. The molecule has 74 valence electrons. The second-order valence-corrected chi connectivity index (χ2v) is 4.95. The standard InChI is InChI=1S/C9H16N2OS/c1-8(12)11-6-9(7-11)10-2-4-13-5-3-10/h9H,2-7H2,1H3. The molecule has 2 rings (SSSR count). The van der Waals surface area contributed by atoms with Crippen LogP contribution in [0.5, 0.6) is 0 Å². The maximum Gasteiger partial charge on any atom is 0.219 e. The quantitative estimate of drug-likeness (QED) is 0.607. The molecule has 3 nitrogen and oxygen atoms in total. The summed E-state index contributed by atoms with van der Waals surface area (Å²) in [5.41, 5.74) is 0. The van der Waals surface area contributed by atoms with E-state index >= 15 is 0 Å². The van der Waals surface area contributed by atoms with Gasteiger partial charge in [-0.1, -0.05) is 0 Å². The van der Waals surface area contributed by atoms with Gasteiger partial charge in [-0.15, -0.1) is 0 Å². The Balaban J connectivity index is 1.75. The van der Waals surface area contributed by atoms with Crippen molar-refractivity contribution >= 4 is 17.7 Å². The zero-order valence-corrected chi connectivity index (χ0v) is 8.85. The first-order chi connectivity index (χ1) is 6.27. The van der Waals surface area contributed by atoms with Gasteiger partial charge in [0.2, 0.25) is 5.91 Å². The van der Waals surface area contributed by atoms with Gasteiger partial charge in [0.05, 0.1) is 0 Å². The molecule has 0 saturated carbocycles. The predicted molar refractivity (Wildman–Crippen MR) is 54.9 cm³/mol. The predicted octanol–water partition coefficient (Wildman–Crippen LogP) is 0.266. The first-order valence-electron chi connectivity index (χ1n) is 4.84. The molecule has 0 aromatic rings. The third-order valence-electron chi connectivity index (χ3n) is 2.87. The van der Waals surface area contributed by atoms with Crippen LogP contribution in [-0.4, -0.2) is 59.4 Å². The highest BCUT2D eigenvalue weighted by Crippen LogP contribution is 2.19. The average molecular weight is 200 g/mol. The van der Waals surface area contributed by atoms with Crippen LogP contribution in [0.1, 0.15) is 6.92 Å². The summed E-state index contributed by atoms with van der Waals surface area (Å²) in [5.74, 6) is 2.75. The lowest BCUT2D eigenvalue weighted by Crippen LogP contribution is -2.61. The lowest BCUT2D eigenvalue weighted by atomic mass is 10.1. The molecule has 2 saturated heterocycles. The Morgan fingerprint density at radius 2 is 1.92 bits per heavy atom. The molecule has 0 unspecified atom stereocenters. The van der Waals surface area contributed by atoms with E-state index in [1.807, 2.05) is 16.7 Å². The van der Waals surface area contributed by atoms with Crippen molar-refractivity contribution in [2.75, 3.05) is 37.7 Å². The van der Waals surface area contributed by atoms with Crippen molar-refractivity contribution in [3.05, 3.63) is 0 Å². The van der Waals surface area contributed by atoms with Crippen molar-refractivity contribution in [2.24, 2.45) is 0 Å². The van der Waals surface area contributed by atoms with E-state index in [4.69, 9.17) is 0 Å². The Bertz CT molecular complexity index is 198. The smallest absolute Gasteiger partial charge is 0.219 e. The molecule has 0 bridgehead atoms. The third-order valence-corrected chi connectivity index (χ3v) is 3.81. The molecule has 13 heavy (non-hydrogen) atoms. The van der Waals surface area contributed by atoms with Crippen LogP contribution in [0.3, 0.4) is 0 Å². The van der Waals surface area contributed by atoms with Crippen LogP contribution in [-0.2, 0) is 4.79 Å². The van der Waals surface area contributed by atoms with Gasteiger partial charge in [0.1, 0.15) is 0 Å². The number of carbonyl (C=O) groups is 1. The molecule has 2 fully saturated rings. The number of nitrogens with zero attached hydrogens (tertiary/aromatic N) is 2. The monoisotopic (exact) mass is 200 g/mol. The van der Waals surface area contributed by atoms with E-state index < -0.39 is 0 Å². The third kappa shape index (κ3) is 1.99. The van der Waals surface area contributed by atoms with E-state index in [1.165, 1.54) is 24.6 Å². The van der Waals surface area contributed by atoms with Gasteiger partial charge in [-0.3, -0.25) is 9.69 Å². The summed E-state index contributed by atoms with van der Waals surface area (Å²) < 4.78 is 0. The molecule has 2 aliphatic rings. The Morgan fingerprint density at radius 1 is 1.31 bits per heavy atom. The zero-order valence-electron chi connectivity index (χ0n) is 8.03. The fourth-order valence-corrected chi connectivity index (χ4v) is 2.82. The van der Waals surface area contributed by atoms with Gasteiger partial charge in [-0.25, -0.2) is 0 Å². The molecule has 1 amide bonds. The summed E-state index contributed by atoms with van der Waals surface area (Å²) in [4.78, 5) is 15.4. The highest BCUT2D eigenvalue weighted by atomic mass is 32.2. The van der Waals surface area contributed by atoms with Crippen molar-refractivity contribution in [3.8, 4) is 0 Å². The van der Waals surface area contributed by atoms with Crippen LogP contribution in [0.4, 0.5) is 0 Å². The number of thioether (sulfide) groups is 1. The summed E-state index contributed by atoms with van der Waals surface area (Å²) in [6.45, 7) is 5.99. The minimum absolute atomic E-state index is 0.225. The first kappa shape index (κ1) is 9.34. The lowest BCUT2D eigenvalue weighted by Gasteiger charge is -2.46. The number of amides is 1. The number of hydrogen-bond acceptors (Lipinski definition) is 3. The van der Waals surface area contributed by atoms with Gasteiger partial charge in [0.25, 0.3) is 0 Å². The van der Waals surface area contributed by atoms with Gasteiger partial charge >= 0.3 is 0 Å². The normalized spacial score (nSPS) is 25.8. The van der Waals surface area contributed by atoms with Gasteiger partial charge in [0, 0.05) is 50.7 Å². The van der Waals surface area contributed by atoms with E-state index in [9.17, 15) is 4.79 Å². The van der Waals surface area contributed by atoms with Crippen molar-refractivity contribution in [2.45, 2.75) is 13.0 Å². The van der Waals surface area contributed by atoms with Gasteiger partial charge in [-0.05, 0) is 0 Å². The topological polar surface area (TPSA) is 23.6 Å². The Morgan fingerprint density at radius 3 is 2.46 bits per heavy atom. The van der Waals surface area contributed by atoms with E-state index in [0.717, 1.165) is 13.1 Å². The maximum atomic E-state index is 11.0. The molecule has 0 aliphatic carbocycles. The van der Waals surface area contributed by atoms with E-state index in [0.29, 0.717) is 6.04 Å². The minimum Gasteiger partial charge on any atom is -0.340 e. The molecule has 0 atom stereocenters. The van der Waals surface area contributed by atoms with Gasteiger partial charge in [0.15, 0.2) is 0 Å². The Kier molecular flexibility index (Phi) is 2.79. The maximum absolute atomic E-state index is 11.0. The molecule has 4 heteroatoms. The SMILES string of the molecule is CC(=O)N1CC(N2CCSCC2)C1.